The minimum absolute atomic E-state index is 0.176. The Bertz CT molecular complexity index is 1200. The standard InChI is InChI=1S/C24H22N2O4S/c1-28-20-11-15(12-21(29-2)23(20)30-3)14-25-24(27)17-13-19(22-9-6-10-31-22)26-18-8-5-4-7-16(17)18/h4-13H,14H2,1-3H3,(H,25,27). The molecule has 0 bridgehead atoms. The largest absolute Gasteiger partial charge is 0.493 e. The maximum Gasteiger partial charge on any atom is 0.252 e. The molecule has 0 aliphatic carbocycles. The SMILES string of the molecule is COc1cc(CNC(=O)c2cc(-c3cccs3)nc3ccccc23)cc(OC)c1OC. The third kappa shape index (κ3) is 4.18. The number of amides is 1. The van der Waals surface area contributed by atoms with E-state index >= 15 is 0 Å². The molecule has 0 radical (unpaired) electrons. The summed E-state index contributed by atoms with van der Waals surface area (Å²) in [6, 6.07) is 17.1. The van der Waals surface area contributed by atoms with E-state index in [1.54, 1.807) is 32.7 Å². The summed E-state index contributed by atoms with van der Waals surface area (Å²) in [6.07, 6.45) is 0. The molecule has 0 atom stereocenters. The van der Waals surface area contributed by atoms with Crippen LogP contribution in [0.1, 0.15) is 15.9 Å². The van der Waals surface area contributed by atoms with Crippen LogP contribution in [0.15, 0.2) is 60.0 Å². The van der Waals surface area contributed by atoms with Gasteiger partial charge in [0.2, 0.25) is 5.75 Å². The molecule has 0 fully saturated rings. The number of nitrogens with zero attached hydrogens (tertiary/aromatic N) is 1. The van der Waals surface area contributed by atoms with Crippen LogP contribution < -0.4 is 19.5 Å². The molecular formula is C24H22N2O4S. The molecule has 2 heterocycles. The van der Waals surface area contributed by atoms with Crippen molar-refractivity contribution in [2.24, 2.45) is 0 Å². The minimum atomic E-state index is -0.176. The normalized spacial score (nSPS) is 10.7. The lowest BCUT2D eigenvalue weighted by molar-refractivity contribution is 0.0952. The van der Waals surface area contributed by atoms with Gasteiger partial charge in [0.25, 0.3) is 5.91 Å². The summed E-state index contributed by atoms with van der Waals surface area (Å²) in [6.45, 7) is 0.306. The Kier molecular flexibility index (Phi) is 6.04. The number of rotatable bonds is 7. The summed E-state index contributed by atoms with van der Waals surface area (Å²) in [5, 5.41) is 5.81. The zero-order valence-electron chi connectivity index (χ0n) is 17.5. The maximum atomic E-state index is 13.2. The van der Waals surface area contributed by atoms with Crippen molar-refractivity contribution in [2.75, 3.05) is 21.3 Å². The molecule has 4 rings (SSSR count). The first kappa shape index (κ1) is 20.7. The van der Waals surface area contributed by atoms with Gasteiger partial charge in [-0.05, 0) is 41.3 Å². The second-order valence-electron chi connectivity index (χ2n) is 6.77. The molecule has 0 spiro atoms. The molecule has 6 nitrogen and oxygen atoms in total. The Hall–Kier alpha value is -3.58. The van der Waals surface area contributed by atoms with E-state index < -0.39 is 0 Å². The lowest BCUT2D eigenvalue weighted by atomic mass is 10.1. The average Bonchev–Trinajstić information content (AvgIpc) is 3.36. The van der Waals surface area contributed by atoms with E-state index in [0.717, 1.165) is 27.0 Å². The number of carbonyl (C=O) groups is 1. The number of ether oxygens (including phenoxy) is 3. The second kappa shape index (κ2) is 9.06. The third-order valence-corrected chi connectivity index (χ3v) is 5.80. The van der Waals surface area contributed by atoms with Gasteiger partial charge < -0.3 is 19.5 Å². The smallest absolute Gasteiger partial charge is 0.252 e. The van der Waals surface area contributed by atoms with Crippen molar-refractivity contribution >= 4 is 28.1 Å². The van der Waals surface area contributed by atoms with Crippen LogP contribution in [0.2, 0.25) is 0 Å². The summed E-state index contributed by atoms with van der Waals surface area (Å²) in [5.74, 6) is 1.42. The van der Waals surface area contributed by atoms with Crippen LogP contribution in [0.3, 0.4) is 0 Å². The maximum absolute atomic E-state index is 13.2. The molecular weight excluding hydrogens is 412 g/mol. The van der Waals surface area contributed by atoms with Gasteiger partial charge in [-0.25, -0.2) is 4.98 Å². The van der Waals surface area contributed by atoms with Crippen molar-refractivity contribution < 1.29 is 19.0 Å². The fourth-order valence-corrected chi connectivity index (χ4v) is 4.12. The predicted molar refractivity (Wildman–Crippen MR) is 122 cm³/mol. The summed E-state index contributed by atoms with van der Waals surface area (Å²) in [7, 11) is 4.69. The van der Waals surface area contributed by atoms with Gasteiger partial charge in [-0.3, -0.25) is 4.79 Å². The van der Waals surface area contributed by atoms with E-state index in [2.05, 4.69) is 5.32 Å². The highest BCUT2D eigenvalue weighted by atomic mass is 32.1. The van der Waals surface area contributed by atoms with E-state index in [0.29, 0.717) is 29.4 Å². The van der Waals surface area contributed by atoms with Gasteiger partial charge >= 0.3 is 0 Å². The highest BCUT2D eigenvalue weighted by Crippen LogP contribution is 2.38. The molecule has 0 aliphatic heterocycles. The molecule has 0 saturated heterocycles. The van der Waals surface area contributed by atoms with Crippen LogP contribution in [-0.4, -0.2) is 32.2 Å². The number of pyridine rings is 1. The van der Waals surface area contributed by atoms with Crippen LogP contribution in [0, 0.1) is 0 Å². The average molecular weight is 435 g/mol. The molecule has 2 aromatic heterocycles. The summed E-state index contributed by atoms with van der Waals surface area (Å²) >= 11 is 1.59. The lowest BCUT2D eigenvalue weighted by Gasteiger charge is -2.15. The van der Waals surface area contributed by atoms with Crippen LogP contribution in [0.4, 0.5) is 0 Å². The molecule has 158 valence electrons. The van der Waals surface area contributed by atoms with Gasteiger partial charge in [0.15, 0.2) is 11.5 Å². The van der Waals surface area contributed by atoms with E-state index in [-0.39, 0.29) is 5.91 Å². The van der Waals surface area contributed by atoms with Crippen molar-refractivity contribution in [1.29, 1.82) is 0 Å². The molecule has 4 aromatic rings. The van der Waals surface area contributed by atoms with Gasteiger partial charge in [-0.1, -0.05) is 24.3 Å². The molecule has 31 heavy (non-hydrogen) atoms. The zero-order valence-corrected chi connectivity index (χ0v) is 18.3. The molecule has 2 aromatic carbocycles. The highest BCUT2D eigenvalue weighted by Gasteiger charge is 2.16. The quantitative estimate of drug-likeness (QED) is 0.447. The number of benzene rings is 2. The van der Waals surface area contributed by atoms with E-state index in [1.165, 1.54) is 0 Å². The summed E-state index contributed by atoms with van der Waals surface area (Å²) in [4.78, 5) is 18.9. The summed E-state index contributed by atoms with van der Waals surface area (Å²) in [5.41, 5.74) is 2.99. The Morgan fingerprint density at radius 2 is 1.71 bits per heavy atom. The van der Waals surface area contributed by atoms with Crippen molar-refractivity contribution in [1.82, 2.24) is 10.3 Å². The molecule has 7 heteroatoms. The number of nitrogens with one attached hydrogen (secondary N) is 1. The highest BCUT2D eigenvalue weighted by molar-refractivity contribution is 7.13. The fraction of sp³-hybridized carbons (Fsp3) is 0.167. The van der Waals surface area contributed by atoms with E-state index in [9.17, 15) is 4.79 Å². The number of carbonyl (C=O) groups excluding carboxylic acids is 1. The summed E-state index contributed by atoms with van der Waals surface area (Å²) < 4.78 is 16.2. The second-order valence-corrected chi connectivity index (χ2v) is 7.71. The predicted octanol–water partition coefficient (Wildman–Crippen LogP) is 4.92. The zero-order chi connectivity index (χ0) is 21.8. The first-order chi connectivity index (χ1) is 15.1. The number of thiophene rings is 1. The molecule has 1 N–H and O–H groups in total. The number of methoxy groups -OCH3 is 3. The molecule has 0 unspecified atom stereocenters. The first-order valence-electron chi connectivity index (χ1n) is 9.65. The number of fused-ring (bicyclic) bond motifs is 1. The van der Waals surface area contributed by atoms with Gasteiger partial charge in [0, 0.05) is 11.9 Å². The third-order valence-electron chi connectivity index (χ3n) is 4.91. The number of para-hydroxylation sites is 1. The fourth-order valence-electron chi connectivity index (χ4n) is 3.43. The van der Waals surface area contributed by atoms with Crippen molar-refractivity contribution in [3.8, 4) is 27.8 Å². The Balaban J connectivity index is 1.65. The van der Waals surface area contributed by atoms with Crippen LogP contribution in [-0.2, 0) is 6.54 Å². The van der Waals surface area contributed by atoms with Gasteiger partial charge in [-0.2, -0.15) is 0 Å². The molecule has 0 saturated carbocycles. The Labute approximate surface area is 184 Å². The Morgan fingerprint density at radius 3 is 2.35 bits per heavy atom. The number of aromatic nitrogens is 1. The van der Waals surface area contributed by atoms with Gasteiger partial charge in [-0.15, -0.1) is 11.3 Å². The first-order valence-corrected chi connectivity index (χ1v) is 10.5. The molecule has 1 amide bonds. The number of hydrogen-bond donors (Lipinski definition) is 1. The Morgan fingerprint density at radius 1 is 0.968 bits per heavy atom. The van der Waals surface area contributed by atoms with E-state index in [4.69, 9.17) is 19.2 Å². The van der Waals surface area contributed by atoms with Crippen LogP contribution in [0.5, 0.6) is 17.2 Å². The van der Waals surface area contributed by atoms with Gasteiger partial charge in [0.05, 0.1) is 43.0 Å². The van der Waals surface area contributed by atoms with E-state index in [1.807, 2.05) is 60.0 Å². The van der Waals surface area contributed by atoms with Crippen molar-refractivity contribution in [2.45, 2.75) is 6.54 Å². The van der Waals surface area contributed by atoms with Crippen molar-refractivity contribution in [3.63, 3.8) is 0 Å². The van der Waals surface area contributed by atoms with Crippen LogP contribution >= 0.6 is 11.3 Å². The van der Waals surface area contributed by atoms with Crippen molar-refractivity contribution in [3.05, 3.63) is 71.1 Å². The lowest BCUT2D eigenvalue weighted by Crippen LogP contribution is -2.23. The monoisotopic (exact) mass is 434 g/mol. The number of hydrogen-bond acceptors (Lipinski definition) is 6. The minimum Gasteiger partial charge on any atom is -0.493 e. The topological polar surface area (TPSA) is 69.7 Å². The van der Waals surface area contributed by atoms with Gasteiger partial charge in [0.1, 0.15) is 0 Å². The van der Waals surface area contributed by atoms with Crippen LogP contribution in [0.25, 0.3) is 21.5 Å². The molecule has 0 aliphatic rings.